The van der Waals surface area contributed by atoms with Crippen LogP contribution in [0.4, 0.5) is 0 Å². The fraction of sp³-hybridized carbons (Fsp3) is 0.308. The van der Waals surface area contributed by atoms with E-state index in [1.54, 1.807) is 18.4 Å². The molecule has 1 aromatic heterocycles. The maximum Gasteiger partial charge on any atom is 0.158 e. The van der Waals surface area contributed by atoms with E-state index in [1.165, 1.54) is 16.7 Å². The molecule has 1 heterocycles. The SMILES string of the molecule is COc1c(C)c(C)cc(C)c1-c1csc(=S)[nH]1. The smallest absolute Gasteiger partial charge is 0.158 e. The highest BCUT2D eigenvalue weighted by atomic mass is 32.1. The van der Waals surface area contributed by atoms with E-state index in [-0.39, 0.29) is 0 Å². The van der Waals surface area contributed by atoms with Crippen molar-refractivity contribution in [1.82, 2.24) is 4.98 Å². The van der Waals surface area contributed by atoms with Gasteiger partial charge in [0, 0.05) is 10.9 Å². The third-order valence-electron chi connectivity index (χ3n) is 2.98. The van der Waals surface area contributed by atoms with Crippen molar-refractivity contribution in [1.29, 1.82) is 0 Å². The van der Waals surface area contributed by atoms with E-state index >= 15 is 0 Å². The van der Waals surface area contributed by atoms with E-state index in [0.29, 0.717) is 0 Å². The molecule has 0 aliphatic rings. The molecular formula is C13H15NOS2. The number of nitrogens with one attached hydrogen (secondary N) is 1. The minimum atomic E-state index is 0.791. The molecule has 0 saturated heterocycles. The lowest BCUT2D eigenvalue weighted by Crippen LogP contribution is -1.97. The van der Waals surface area contributed by atoms with Crippen LogP contribution in [0.25, 0.3) is 11.3 Å². The quantitative estimate of drug-likeness (QED) is 0.814. The highest BCUT2D eigenvalue weighted by Crippen LogP contribution is 2.37. The average molecular weight is 265 g/mol. The van der Waals surface area contributed by atoms with E-state index in [1.807, 2.05) is 5.38 Å². The number of methoxy groups -OCH3 is 1. The maximum atomic E-state index is 5.55. The van der Waals surface area contributed by atoms with Crippen molar-refractivity contribution in [2.45, 2.75) is 20.8 Å². The molecule has 0 unspecified atom stereocenters. The molecule has 2 aromatic rings. The largest absolute Gasteiger partial charge is 0.496 e. The summed E-state index contributed by atoms with van der Waals surface area (Å²) in [7, 11) is 1.71. The van der Waals surface area contributed by atoms with Gasteiger partial charge in [0.05, 0.1) is 12.8 Å². The number of aromatic amines is 1. The summed E-state index contributed by atoms with van der Waals surface area (Å²) in [4.78, 5) is 3.21. The maximum absolute atomic E-state index is 5.55. The summed E-state index contributed by atoms with van der Waals surface area (Å²) in [5, 5.41) is 2.04. The Hall–Kier alpha value is -1.13. The molecule has 90 valence electrons. The van der Waals surface area contributed by atoms with Gasteiger partial charge in [0.15, 0.2) is 3.95 Å². The molecule has 0 radical (unpaired) electrons. The highest BCUT2D eigenvalue weighted by Gasteiger charge is 2.14. The molecule has 0 saturated carbocycles. The third-order valence-corrected chi connectivity index (χ3v) is 4.04. The number of ether oxygens (including phenoxy) is 1. The molecule has 17 heavy (non-hydrogen) atoms. The second-order valence-corrected chi connectivity index (χ2v) is 5.65. The van der Waals surface area contributed by atoms with E-state index in [9.17, 15) is 0 Å². The average Bonchev–Trinajstić information content (AvgIpc) is 2.69. The van der Waals surface area contributed by atoms with Crippen LogP contribution in [0.5, 0.6) is 5.75 Å². The molecule has 2 rings (SSSR count). The number of H-pyrrole nitrogens is 1. The minimum Gasteiger partial charge on any atom is -0.496 e. The number of rotatable bonds is 2. The zero-order chi connectivity index (χ0) is 12.6. The van der Waals surface area contributed by atoms with Gasteiger partial charge in [-0.15, -0.1) is 11.3 Å². The van der Waals surface area contributed by atoms with Crippen molar-refractivity contribution < 1.29 is 4.74 Å². The molecule has 0 fully saturated rings. The molecule has 0 spiro atoms. The first kappa shape index (κ1) is 12.3. The normalized spacial score (nSPS) is 10.6. The van der Waals surface area contributed by atoms with Crippen LogP contribution in [0.2, 0.25) is 0 Å². The van der Waals surface area contributed by atoms with Gasteiger partial charge in [-0.1, -0.05) is 6.07 Å². The third kappa shape index (κ3) is 2.15. The van der Waals surface area contributed by atoms with Crippen LogP contribution < -0.4 is 4.74 Å². The Kier molecular flexibility index (Phi) is 3.35. The molecule has 1 N–H and O–H groups in total. The van der Waals surface area contributed by atoms with Crippen molar-refractivity contribution in [3.63, 3.8) is 0 Å². The summed E-state index contributed by atoms with van der Waals surface area (Å²) < 4.78 is 6.34. The van der Waals surface area contributed by atoms with Gasteiger partial charge in [0.2, 0.25) is 0 Å². The summed E-state index contributed by atoms with van der Waals surface area (Å²) in [6.07, 6.45) is 0. The standard InChI is InChI=1S/C13H15NOS2/c1-7-5-8(2)11(12(15-4)9(7)3)10-6-17-13(16)14-10/h5-6H,1-4H3,(H,14,16). The van der Waals surface area contributed by atoms with Gasteiger partial charge in [-0.05, 0) is 49.7 Å². The summed E-state index contributed by atoms with van der Waals surface area (Å²) in [6, 6.07) is 2.18. The van der Waals surface area contributed by atoms with Gasteiger partial charge in [0.25, 0.3) is 0 Å². The second kappa shape index (κ2) is 4.63. The van der Waals surface area contributed by atoms with E-state index in [4.69, 9.17) is 17.0 Å². The second-order valence-electron chi connectivity index (χ2n) is 4.11. The topological polar surface area (TPSA) is 25.0 Å². The van der Waals surface area contributed by atoms with Crippen LogP contribution in [0.15, 0.2) is 11.4 Å². The summed E-state index contributed by atoms with van der Waals surface area (Å²) in [6.45, 7) is 6.28. The Morgan fingerprint density at radius 2 is 1.94 bits per heavy atom. The lowest BCUT2D eigenvalue weighted by molar-refractivity contribution is 0.412. The molecule has 1 aromatic carbocycles. The van der Waals surface area contributed by atoms with E-state index in [2.05, 4.69) is 31.8 Å². The van der Waals surface area contributed by atoms with E-state index in [0.717, 1.165) is 21.0 Å². The first-order chi connectivity index (χ1) is 8.04. The van der Waals surface area contributed by atoms with Gasteiger partial charge >= 0.3 is 0 Å². The zero-order valence-corrected chi connectivity index (χ0v) is 12.0. The number of hydrogen-bond acceptors (Lipinski definition) is 3. The molecule has 0 aliphatic carbocycles. The fourth-order valence-corrected chi connectivity index (χ4v) is 2.87. The Balaban J connectivity index is 2.76. The predicted molar refractivity (Wildman–Crippen MR) is 75.7 cm³/mol. The van der Waals surface area contributed by atoms with Crippen molar-refractivity contribution in [2.24, 2.45) is 0 Å². The number of aryl methyl sites for hydroxylation is 2. The molecule has 0 bridgehead atoms. The number of thiazole rings is 1. The van der Waals surface area contributed by atoms with Gasteiger partial charge in [0.1, 0.15) is 5.75 Å². The van der Waals surface area contributed by atoms with Crippen molar-refractivity contribution in [3.8, 4) is 17.0 Å². The highest BCUT2D eigenvalue weighted by molar-refractivity contribution is 7.73. The first-order valence-corrected chi connectivity index (χ1v) is 6.66. The van der Waals surface area contributed by atoms with Crippen LogP contribution in [0.1, 0.15) is 16.7 Å². The Morgan fingerprint density at radius 3 is 2.47 bits per heavy atom. The van der Waals surface area contributed by atoms with Gasteiger partial charge in [-0.25, -0.2) is 0 Å². The van der Waals surface area contributed by atoms with Crippen LogP contribution in [-0.2, 0) is 0 Å². The minimum absolute atomic E-state index is 0.791. The van der Waals surface area contributed by atoms with Crippen LogP contribution in [0, 0.1) is 24.7 Å². The lowest BCUT2D eigenvalue weighted by atomic mass is 9.97. The Morgan fingerprint density at radius 1 is 1.24 bits per heavy atom. The molecule has 0 amide bonds. The lowest BCUT2D eigenvalue weighted by Gasteiger charge is -2.15. The number of benzene rings is 1. The molecule has 4 heteroatoms. The molecule has 2 nitrogen and oxygen atoms in total. The summed E-state index contributed by atoms with van der Waals surface area (Å²) >= 11 is 6.68. The monoisotopic (exact) mass is 265 g/mol. The summed E-state index contributed by atoms with van der Waals surface area (Å²) in [5.41, 5.74) is 5.78. The van der Waals surface area contributed by atoms with Gasteiger partial charge in [-0.2, -0.15) is 0 Å². The van der Waals surface area contributed by atoms with Crippen molar-refractivity contribution in [2.75, 3.05) is 7.11 Å². The summed E-state index contributed by atoms with van der Waals surface area (Å²) in [5.74, 6) is 0.937. The van der Waals surface area contributed by atoms with E-state index < -0.39 is 0 Å². The zero-order valence-electron chi connectivity index (χ0n) is 10.4. The number of aromatic nitrogens is 1. The molecule has 0 aliphatic heterocycles. The fourth-order valence-electron chi connectivity index (χ4n) is 2.04. The van der Waals surface area contributed by atoms with Crippen LogP contribution in [0.3, 0.4) is 0 Å². The molecule has 0 atom stereocenters. The predicted octanol–water partition coefficient (Wildman–Crippen LogP) is 4.41. The van der Waals surface area contributed by atoms with Gasteiger partial charge < -0.3 is 9.72 Å². The molecular weight excluding hydrogens is 250 g/mol. The Labute approximate surface area is 110 Å². The Bertz CT molecular complexity index is 610. The first-order valence-electron chi connectivity index (χ1n) is 5.37. The van der Waals surface area contributed by atoms with Crippen LogP contribution >= 0.6 is 23.6 Å². The van der Waals surface area contributed by atoms with Crippen molar-refractivity contribution in [3.05, 3.63) is 32.1 Å². The van der Waals surface area contributed by atoms with Gasteiger partial charge in [-0.3, -0.25) is 0 Å². The number of hydrogen-bond donors (Lipinski definition) is 1. The van der Waals surface area contributed by atoms with Crippen LogP contribution in [-0.4, -0.2) is 12.1 Å². The van der Waals surface area contributed by atoms with Crippen molar-refractivity contribution >= 4 is 23.6 Å².